The summed E-state index contributed by atoms with van der Waals surface area (Å²) < 4.78 is 24.8. The second-order valence-corrected chi connectivity index (χ2v) is 9.11. The maximum Gasteiger partial charge on any atom is 0.224 e. The van der Waals surface area contributed by atoms with E-state index in [0.29, 0.717) is 13.1 Å². The van der Waals surface area contributed by atoms with Crippen LogP contribution in [0.5, 0.6) is 0 Å². The minimum atomic E-state index is -3.23. The Morgan fingerprint density at radius 3 is 2.43 bits per heavy atom. The van der Waals surface area contributed by atoms with Crippen molar-refractivity contribution in [3.8, 4) is 0 Å². The van der Waals surface area contributed by atoms with Gasteiger partial charge in [-0.15, -0.1) is 0 Å². The highest BCUT2D eigenvalue weighted by Crippen LogP contribution is 2.30. The predicted octanol–water partition coefficient (Wildman–Crippen LogP) is 1.33. The number of nitrogens with one attached hydrogen (secondary N) is 1. The van der Waals surface area contributed by atoms with Crippen molar-refractivity contribution in [3.05, 3.63) is 35.4 Å². The van der Waals surface area contributed by atoms with Gasteiger partial charge in [-0.1, -0.05) is 24.3 Å². The van der Waals surface area contributed by atoms with Crippen LogP contribution in [-0.4, -0.2) is 43.5 Å². The summed E-state index contributed by atoms with van der Waals surface area (Å²) in [5.41, 5.74) is 2.31. The van der Waals surface area contributed by atoms with Crippen molar-refractivity contribution in [2.45, 2.75) is 38.1 Å². The lowest BCUT2D eigenvalue weighted by molar-refractivity contribution is -0.127. The van der Waals surface area contributed by atoms with E-state index in [1.54, 1.807) is 0 Å². The highest BCUT2D eigenvalue weighted by molar-refractivity contribution is 7.88. The minimum absolute atomic E-state index is 0.0198. The SMILES string of the molecule is CC1(NC(=O)[C@@H]2CCCN(S(C)(=O)=O)C2)Cc2ccccc2C1. The van der Waals surface area contributed by atoms with Crippen molar-refractivity contribution in [1.29, 1.82) is 0 Å². The summed E-state index contributed by atoms with van der Waals surface area (Å²) in [5, 5.41) is 3.18. The van der Waals surface area contributed by atoms with Crippen LogP contribution in [0.1, 0.15) is 30.9 Å². The summed E-state index contributed by atoms with van der Waals surface area (Å²) in [6.45, 7) is 2.89. The lowest BCUT2D eigenvalue weighted by Gasteiger charge is -2.33. The molecule has 1 saturated heterocycles. The summed E-state index contributed by atoms with van der Waals surface area (Å²) in [6.07, 6.45) is 4.36. The van der Waals surface area contributed by atoms with Crippen LogP contribution in [0.3, 0.4) is 0 Å². The fraction of sp³-hybridized carbons (Fsp3) is 0.588. The van der Waals surface area contributed by atoms with E-state index in [9.17, 15) is 13.2 Å². The van der Waals surface area contributed by atoms with E-state index in [1.165, 1.54) is 21.7 Å². The summed E-state index contributed by atoms with van der Waals surface area (Å²) >= 11 is 0. The first kappa shape index (κ1) is 16.5. The van der Waals surface area contributed by atoms with E-state index in [-0.39, 0.29) is 17.4 Å². The highest BCUT2D eigenvalue weighted by Gasteiger charge is 2.37. The first-order chi connectivity index (χ1) is 10.8. The van der Waals surface area contributed by atoms with Crippen LogP contribution < -0.4 is 5.32 Å². The first-order valence-corrected chi connectivity index (χ1v) is 9.96. The van der Waals surface area contributed by atoms with E-state index >= 15 is 0 Å². The number of nitrogens with zero attached hydrogens (tertiary/aromatic N) is 1. The number of sulfonamides is 1. The van der Waals surface area contributed by atoms with Gasteiger partial charge in [0.1, 0.15) is 0 Å². The van der Waals surface area contributed by atoms with Crippen molar-refractivity contribution in [3.63, 3.8) is 0 Å². The maximum atomic E-state index is 12.7. The van der Waals surface area contributed by atoms with Crippen molar-refractivity contribution in [2.75, 3.05) is 19.3 Å². The van der Waals surface area contributed by atoms with Crippen LogP contribution in [0, 0.1) is 5.92 Å². The van der Waals surface area contributed by atoms with Gasteiger partial charge in [0.15, 0.2) is 0 Å². The molecule has 0 bridgehead atoms. The van der Waals surface area contributed by atoms with Crippen LogP contribution >= 0.6 is 0 Å². The third-order valence-corrected chi connectivity index (χ3v) is 6.20. The average molecular weight is 336 g/mol. The number of carbonyl (C=O) groups is 1. The molecule has 0 spiro atoms. The molecule has 126 valence electrons. The molecular formula is C17H24N2O3S. The van der Waals surface area contributed by atoms with Crippen LogP contribution in [0.4, 0.5) is 0 Å². The molecule has 1 aromatic carbocycles. The zero-order valence-electron chi connectivity index (χ0n) is 13.7. The quantitative estimate of drug-likeness (QED) is 0.906. The number of hydrogen-bond donors (Lipinski definition) is 1. The smallest absolute Gasteiger partial charge is 0.224 e. The van der Waals surface area contributed by atoms with Crippen LogP contribution in [0.2, 0.25) is 0 Å². The third kappa shape index (κ3) is 3.58. The molecule has 0 unspecified atom stereocenters. The van der Waals surface area contributed by atoms with E-state index < -0.39 is 10.0 Å². The maximum absolute atomic E-state index is 12.7. The lowest BCUT2D eigenvalue weighted by Crippen LogP contribution is -2.52. The fourth-order valence-electron chi connectivity index (χ4n) is 3.75. The van der Waals surface area contributed by atoms with Gasteiger partial charge in [0.25, 0.3) is 0 Å². The molecular weight excluding hydrogens is 312 g/mol. The van der Waals surface area contributed by atoms with Gasteiger partial charge in [-0.3, -0.25) is 4.79 Å². The standard InChI is InChI=1S/C17H24N2O3S/c1-17(10-13-6-3-4-7-14(13)11-17)18-16(20)15-8-5-9-19(12-15)23(2,21)22/h3-4,6-7,15H,5,8-12H2,1-2H3,(H,18,20)/t15-/m1/s1. The Morgan fingerprint density at radius 2 is 1.87 bits per heavy atom. The van der Waals surface area contributed by atoms with Crippen molar-refractivity contribution >= 4 is 15.9 Å². The fourth-order valence-corrected chi connectivity index (χ4v) is 4.66. The summed E-state index contributed by atoms with van der Waals surface area (Å²) in [5.74, 6) is -0.271. The number of benzene rings is 1. The Bertz CT molecular complexity index is 689. The molecule has 1 aliphatic carbocycles. The van der Waals surface area contributed by atoms with Gasteiger partial charge in [0.2, 0.25) is 15.9 Å². The Balaban J connectivity index is 1.66. The van der Waals surface area contributed by atoms with E-state index in [2.05, 4.69) is 24.4 Å². The predicted molar refractivity (Wildman–Crippen MR) is 89.5 cm³/mol. The molecule has 1 amide bonds. The Hall–Kier alpha value is -1.40. The lowest BCUT2D eigenvalue weighted by atomic mass is 9.94. The number of carbonyl (C=O) groups excluding carboxylic acids is 1. The van der Waals surface area contributed by atoms with Crippen LogP contribution in [-0.2, 0) is 27.7 Å². The molecule has 6 heteroatoms. The van der Waals surface area contributed by atoms with Gasteiger partial charge in [-0.05, 0) is 43.7 Å². The number of rotatable bonds is 3. The number of amides is 1. The largest absolute Gasteiger partial charge is 0.350 e. The number of hydrogen-bond acceptors (Lipinski definition) is 3. The summed E-state index contributed by atoms with van der Waals surface area (Å²) in [7, 11) is -3.23. The molecule has 1 aromatic rings. The van der Waals surface area contributed by atoms with E-state index in [1.807, 2.05) is 12.1 Å². The summed E-state index contributed by atoms with van der Waals surface area (Å²) in [6, 6.07) is 8.27. The Morgan fingerprint density at radius 1 is 1.26 bits per heavy atom. The molecule has 0 aromatic heterocycles. The zero-order chi connectivity index (χ0) is 16.7. The molecule has 0 radical (unpaired) electrons. The van der Waals surface area contributed by atoms with Crippen molar-refractivity contribution < 1.29 is 13.2 Å². The molecule has 0 saturated carbocycles. The Kier molecular flexibility index (Phi) is 4.23. The topological polar surface area (TPSA) is 66.5 Å². The highest BCUT2D eigenvalue weighted by atomic mass is 32.2. The van der Waals surface area contributed by atoms with Crippen LogP contribution in [0.15, 0.2) is 24.3 Å². The normalized spacial score (nSPS) is 24.2. The van der Waals surface area contributed by atoms with E-state index in [0.717, 1.165) is 25.7 Å². The molecule has 1 atom stereocenters. The second kappa shape index (κ2) is 5.91. The van der Waals surface area contributed by atoms with Crippen LogP contribution in [0.25, 0.3) is 0 Å². The first-order valence-electron chi connectivity index (χ1n) is 8.11. The monoisotopic (exact) mass is 336 g/mol. The minimum Gasteiger partial charge on any atom is -0.350 e. The molecule has 1 aliphatic heterocycles. The zero-order valence-corrected chi connectivity index (χ0v) is 14.5. The molecule has 5 nitrogen and oxygen atoms in total. The molecule has 1 N–H and O–H groups in total. The molecule has 3 rings (SSSR count). The van der Waals surface area contributed by atoms with Gasteiger partial charge in [0.05, 0.1) is 12.2 Å². The van der Waals surface area contributed by atoms with Gasteiger partial charge in [-0.25, -0.2) is 12.7 Å². The molecule has 23 heavy (non-hydrogen) atoms. The molecule has 1 heterocycles. The summed E-state index contributed by atoms with van der Waals surface area (Å²) in [4.78, 5) is 12.7. The second-order valence-electron chi connectivity index (χ2n) is 7.13. The van der Waals surface area contributed by atoms with Gasteiger partial charge >= 0.3 is 0 Å². The molecule has 2 aliphatic rings. The average Bonchev–Trinajstić information content (AvgIpc) is 2.82. The van der Waals surface area contributed by atoms with Crippen molar-refractivity contribution in [2.24, 2.45) is 5.92 Å². The number of fused-ring (bicyclic) bond motifs is 1. The van der Waals surface area contributed by atoms with Gasteiger partial charge in [0, 0.05) is 18.6 Å². The van der Waals surface area contributed by atoms with E-state index in [4.69, 9.17) is 0 Å². The van der Waals surface area contributed by atoms with Gasteiger partial charge in [-0.2, -0.15) is 0 Å². The van der Waals surface area contributed by atoms with Crippen molar-refractivity contribution in [1.82, 2.24) is 9.62 Å². The number of piperidine rings is 1. The van der Waals surface area contributed by atoms with Gasteiger partial charge < -0.3 is 5.32 Å². The third-order valence-electron chi connectivity index (χ3n) is 4.93. The Labute approximate surface area is 138 Å². The molecule has 1 fully saturated rings.